The van der Waals surface area contributed by atoms with Crippen molar-refractivity contribution in [3.63, 3.8) is 0 Å². The fourth-order valence-electron chi connectivity index (χ4n) is 2.33. The summed E-state index contributed by atoms with van der Waals surface area (Å²) < 4.78 is 11.1. The Morgan fingerprint density at radius 2 is 1.92 bits per heavy atom. The average molecular weight is 338 g/mol. The lowest BCUT2D eigenvalue weighted by Gasteiger charge is -2.20. The van der Waals surface area contributed by atoms with Crippen LogP contribution < -0.4 is 10.1 Å². The first-order valence-electron chi connectivity index (χ1n) is 7.75. The van der Waals surface area contributed by atoms with E-state index in [9.17, 15) is 4.79 Å². The number of benzene rings is 1. The molecule has 3 aromatic rings. The molecule has 25 heavy (non-hydrogen) atoms. The van der Waals surface area contributed by atoms with Crippen molar-refractivity contribution in [3.05, 3.63) is 54.6 Å². The molecule has 7 nitrogen and oxygen atoms in total. The minimum atomic E-state index is -0.723. The van der Waals surface area contributed by atoms with Gasteiger partial charge in [-0.15, -0.1) is 0 Å². The number of amides is 1. The van der Waals surface area contributed by atoms with Crippen LogP contribution >= 0.6 is 0 Å². The molecule has 0 saturated carbocycles. The van der Waals surface area contributed by atoms with Crippen LogP contribution in [0.5, 0.6) is 11.5 Å². The summed E-state index contributed by atoms with van der Waals surface area (Å²) in [6.07, 6.45) is 3.32. The van der Waals surface area contributed by atoms with Crippen molar-refractivity contribution in [3.8, 4) is 23.0 Å². The highest BCUT2D eigenvalue weighted by molar-refractivity contribution is 5.73. The van der Waals surface area contributed by atoms with Gasteiger partial charge in [-0.1, -0.05) is 11.2 Å². The number of hydrogen-bond acceptors (Lipinski definition) is 6. The normalized spacial score (nSPS) is 11.2. The van der Waals surface area contributed by atoms with Gasteiger partial charge < -0.3 is 14.6 Å². The van der Waals surface area contributed by atoms with Gasteiger partial charge >= 0.3 is 0 Å². The summed E-state index contributed by atoms with van der Waals surface area (Å²) in [6, 6.07) is 10.9. The smallest absolute Gasteiger partial charge is 0.258 e. The fourth-order valence-corrected chi connectivity index (χ4v) is 2.33. The zero-order valence-corrected chi connectivity index (χ0v) is 14.2. The summed E-state index contributed by atoms with van der Waals surface area (Å²) in [5.74, 6) is 1.92. The second-order valence-corrected chi connectivity index (χ2v) is 6.04. The van der Waals surface area contributed by atoms with Gasteiger partial charge in [0.05, 0.1) is 5.54 Å². The summed E-state index contributed by atoms with van der Waals surface area (Å²) in [4.78, 5) is 19.7. The third-order valence-corrected chi connectivity index (χ3v) is 3.44. The third kappa shape index (κ3) is 4.00. The SMILES string of the molecule is CC(=O)NC(C)(C)c1noc(-c2cccc(Oc3ccncc3)c2)n1. The van der Waals surface area contributed by atoms with Crippen LogP contribution in [0.25, 0.3) is 11.5 Å². The molecule has 1 aromatic carbocycles. The van der Waals surface area contributed by atoms with Gasteiger partial charge in [0.25, 0.3) is 5.89 Å². The van der Waals surface area contributed by atoms with Crippen molar-refractivity contribution in [1.82, 2.24) is 20.4 Å². The van der Waals surface area contributed by atoms with Crippen molar-refractivity contribution >= 4 is 5.91 Å². The third-order valence-electron chi connectivity index (χ3n) is 3.44. The minimum absolute atomic E-state index is 0.163. The van der Waals surface area contributed by atoms with Crippen LogP contribution in [0.1, 0.15) is 26.6 Å². The molecule has 1 amide bonds. The Kier molecular flexibility index (Phi) is 4.47. The number of rotatable bonds is 5. The Hall–Kier alpha value is -3.22. The highest BCUT2D eigenvalue weighted by Gasteiger charge is 2.27. The minimum Gasteiger partial charge on any atom is -0.457 e. The van der Waals surface area contributed by atoms with E-state index in [4.69, 9.17) is 9.26 Å². The number of nitrogens with one attached hydrogen (secondary N) is 1. The van der Waals surface area contributed by atoms with E-state index in [2.05, 4.69) is 20.4 Å². The Balaban J connectivity index is 1.83. The number of pyridine rings is 1. The molecule has 0 unspecified atom stereocenters. The second-order valence-electron chi connectivity index (χ2n) is 6.04. The van der Waals surface area contributed by atoms with Gasteiger partial charge in [-0.2, -0.15) is 4.98 Å². The maximum Gasteiger partial charge on any atom is 0.258 e. The molecule has 0 aliphatic rings. The average Bonchev–Trinajstić information content (AvgIpc) is 3.06. The van der Waals surface area contributed by atoms with E-state index >= 15 is 0 Å². The Bertz CT molecular complexity index is 875. The van der Waals surface area contributed by atoms with Gasteiger partial charge in [0.1, 0.15) is 11.5 Å². The van der Waals surface area contributed by atoms with Crippen LogP contribution in [0.15, 0.2) is 53.3 Å². The molecule has 0 spiro atoms. The molecule has 2 heterocycles. The summed E-state index contributed by atoms with van der Waals surface area (Å²) in [5.41, 5.74) is 0.00238. The first-order valence-corrected chi connectivity index (χ1v) is 7.75. The quantitative estimate of drug-likeness (QED) is 0.767. The molecule has 3 rings (SSSR count). The van der Waals surface area contributed by atoms with Gasteiger partial charge in [0.15, 0.2) is 5.82 Å². The van der Waals surface area contributed by atoms with E-state index in [-0.39, 0.29) is 5.91 Å². The summed E-state index contributed by atoms with van der Waals surface area (Å²) in [6.45, 7) is 5.07. The van der Waals surface area contributed by atoms with Crippen molar-refractivity contribution < 1.29 is 14.1 Å². The van der Waals surface area contributed by atoms with Crippen molar-refractivity contribution in [1.29, 1.82) is 0 Å². The summed E-state index contributed by atoms with van der Waals surface area (Å²) in [7, 11) is 0. The molecule has 1 N–H and O–H groups in total. The van der Waals surface area contributed by atoms with E-state index < -0.39 is 5.54 Å². The maximum absolute atomic E-state index is 11.3. The number of carbonyl (C=O) groups is 1. The molecule has 0 aliphatic heterocycles. The van der Waals surface area contributed by atoms with Crippen molar-refractivity contribution in [2.45, 2.75) is 26.3 Å². The van der Waals surface area contributed by atoms with Gasteiger partial charge in [0.2, 0.25) is 5.91 Å². The molecule has 0 aliphatic carbocycles. The van der Waals surface area contributed by atoms with Crippen LogP contribution in [0, 0.1) is 0 Å². The first kappa shape index (κ1) is 16.6. The van der Waals surface area contributed by atoms with Crippen LogP contribution in [0.4, 0.5) is 0 Å². The van der Waals surface area contributed by atoms with Gasteiger partial charge in [0, 0.05) is 24.9 Å². The molecule has 2 aromatic heterocycles. The van der Waals surface area contributed by atoms with E-state index in [0.29, 0.717) is 23.2 Å². The number of nitrogens with zero attached hydrogens (tertiary/aromatic N) is 3. The topological polar surface area (TPSA) is 90.1 Å². The molecular formula is C18H18N4O3. The number of hydrogen-bond donors (Lipinski definition) is 1. The zero-order chi connectivity index (χ0) is 17.9. The molecule has 0 fully saturated rings. The van der Waals surface area contributed by atoms with Crippen LogP contribution in [0.3, 0.4) is 0 Å². The standard InChI is InChI=1S/C18H18N4O3/c1-12(23)21-18(2,3)17-20-16(25-22-17)13-5-4-6-15(11-13)24-14-7-9-19-10-8-14/h4-11H,1-3H3,(H,21,23). The maximum atomic E-state index is 11.3. The number of aromatic nitrogens is 3. The number of carbonyl (C=O) groups excluding carboxylic acids is 1. The lowest BCUT2D eigenvalue weighted by molar-refractivity contribution is -0.120. The molecule has 0 atom stereocenters. The van der Waals surface area contributed by atoms with Gasteiger partial charge in [-0.25, -0.2) is 0 Å². The van der Waals surface area contributed by atoms with Gasteiger partial charge in [-0.3, -0.25) is 9.78 Å². The monoisotopic (exact) mass is 338 g/mol. The molecule has 0 bridgehead atoms. The first-order chi connectivity index (χ1) is 11.9. The predicted molar refractivity (Wildman–Crippen MR) is 90.9 cm³/mol. The van der Waals surface area contributed by atoms with E-state index in [1.54, 1.807) is 24.5 Å². The van der Waals surface area contributed by atoms with Gasteiger partial charge in [-0.05, 0) is 44.2 Å². The van der Waals surface area contributed by atoms with E-state index in [1.807, 2.05) is 38.1 Å². The Labute approximate surface area is 145 Å². The lowest BCUT2D eigenvalue weighted by Crippen LogP contribution is -2.40. The Morgan fingerprint density at radius 3 is 2.64 bits per heavy atom. The largest absolute Gasteiger partial charge is 0.457 e. The highest BCUT2D eigenvalue weighted by atomic mass is 16.5. The highest BCUT2D eigenvalue weighted by Crippen LogP contribution is 2.27. The van der Waals surface area contributed by atoms with E-state index in [1.165, 1.54) is 6.92 Å². The summed E-state index contributed by atoms with van der Waals surface area (Å²) in [5, 5.41) is 6.77. The van der Waals surface area contributed by atoms with Crippen molar-refractivity contribution in [2.24, 2.45) is 0 Å². The van der Waals surface area contributed by atoms with Crippen molar-refractivity contribution in [2.75, 3.05) is 0 Å². The van der Waals surface area contributed by atoms with Crippen LogP contribution in [-0.2, 0) is 10.3 Å². The summed E-state index contributed by atoms with van der Waals surface area (Å²) >= 11 is 0. The lowest BCUT2D eigenvalue weighted by atomic mass is 10.1. The van der Waals surface area contributed by atoms with Crippen LogP contribution in [0.2, 0.25) is 0 Å². The molecule has 0 saturated heterocycles. The Morgan fingerprint density at radius 1 is 1.16 bits per heavy atom. The molecule has 128 valence electrons. The second kappa shape index (κ2) is 6.72. The zero-order valence-electron chi connectivity index (χ0n) is 14.2. The number of ether oxygens (including phenoxy) is 1. The van der Waals surface area contributed by atoms with E-state index in [0.717, 1.165) is 5.56 Å². The predicted octanol–water partition coefficient (Wildman–Crippen LogP) is 3.30. The molecular weight excluding hydrogens is 320 g/mol. The fraction of sp³-hybridized carbons (Fsp3) is 0.222. The molecule has 0 radical (unpaired) electrons. The molecule has 7 heteroatoms. The van der Waals surface area contributed by atoms with Crippen LogP contribution in [-0.4, -0.2) is 21.0 Å².